The lowest BCUT2D eigenvalue weighted by Crippen LogP contribution is -2.65. The monoisotopic (exact) mass is 562 g/mol. The molecular weight excluding hydrogens is 508 g/mol. The fraction of sp³-hybridized carbons (Fsp3) is 0.909. The molecule has 3 N–H and O–H groups in total. The number of hydrogen-bond acceptors (Lipinski definition) is 7. The van der Waals surface area contributed by atoms with Crippen LogP contribution in [-0.2, 0) is 19.0 Å². The van der Waals surface area contributed by atoms with Crippen LogP contribution in [0.25, 0.3) is 0 Å². The highest BCUT2D eigenvalue weighted by molar-refractivity contribution is 5.66. The molecule has 0 aromatic rings. The number of carbonyl (C=O) groups is 1. The molecule has 0 spiro atoms. The number of methoxy groups -OCH3 is 1. The first-order chi connectivity index (χ1) is 18.4. The minimum absolute atomic E-state index is 0.0435. The zero-order valence-corrected chi connectivity index (χ0v) is 26.2. The molecule has 1 heterocycles. The molecule has 4 aliphatic carbocycles. The predicted molar refractivity (Wildman–Crippen MR) is 152 cm³/mol. The summed E-state index contributed by atoms with van der Waals surface area (Å²) in [5.74, 6) is 0.748. The third-order valence-corrected chi connectivity index (χ3v) is 13.0. The molecule has 1 saturated heterocycles. The summed E-state index contributed by atoms with van der Waals surface area (Å²) in [7, 11) is 1.67. The predicted octanol–water partition coefficient (Wildman–Crippen LogP) is 5.00. The zero-order chi connectivity index (χ0) is 29.6. The lowest BCUT2D eigenvalue weighted by Gasteiger charge is -2.68. The van der Waals surface area contributed by atoms with E-state index in [1.54, 1.807) is 21.0 Å². The Kier molecular flexibility index (Phi) is 7.44. The van der Waals surface area contributed by atoms with E-state index >= 15 is 0 Å². The maximum absolute atomic E-state index is 12.1. The number of allylic oxidation sites excluding steroid dienone is 1. The number of esters is 1. The lowest BCUT2D eigenvalue weighted by molar-refractivity contribution is -0.221. The largest absolute Gasteiger partial charge is 0.462 e. The van der Waals surface area contributed by atoms with E-state index in [1.807, 2.05) is 0 Å². The molecule has 0 aromatic heterocycles. The summed E-state index contributed by atoms with van der Waals surface area (Å²) >= 11 is 0. The number of carbonyl (C=O) groups excluding carboxylic acids is 1. The van der Waals surface area contributed by atoms with Crippen LogP contribution in [0.15, 0.2) is 11.6 Å². The number of hydrogen-bond donors (Lipinski definition) is 3. The summed E-state index contributed by atoms with van der Waals surface area (Å²) in [6.07, 6.45) is 6.11. The Morgan fingerprint density at radius 1 is 1.10 bits per heavy atom. The normalized spacial score (nSPS) is 49.0. The van der Waals surface area contributed by atoms with Gasteiger partial charge in [-0.05, 0) is 87.4 Å². The first kappa shape index (κ1) is 30.5. The van der Waals surface area contributed by atoms with Crippen molar-refractivity contribution in [3.63, 3.8) is 0 Å². The third-order valence-electron chi connectivity index (χ3n) is 13.0. The van der Waals surface area contributed by atoms with Gasteiger partial charge in [-0.2, -0.15) is 0 Å². The SMILES string of the molecule is CO[C@H]1O[C@@H]([C@H](O)C(C)(C)O)CC1[C@@H]1CC=C2[C@@]3(C)C(CC[C@]21C)[C@@]1(C)CC[C@@H](OC(C)=O)C(C)(C)[C@@H]1C[C@H]3O. The molecule has 0 radical (unpaired) electrons. The fourth-order valence-electron chi connectivity index (χ4n) is 11.0. The average molecular weight is 563 g/mol. The van der Waals surface area contributed by atoms with Gasteiger partial charge in [-0.3, -0.25) is 4.79 Å². The summed E-state index contributed by atoms with van der Waals surface area (Å²) in [4.78, 5) is 11.9. The Hall–Kier alpha value is -0.990. The smallest absolute Gasteiger partial charge is 0.302 e. The molecule has 2 unspecified atom stereocenters. The topological polar surface area (TPSA) is 105 Å². The Balaban J connectivity index is 1.44. The summed E-state index contributed by atoms with van der Waals surface area (Å²) in [5, 5.41) is 33.4. The van der Waals surface area contributed by atoms with Gasteiger partial charge >= 0.3 is 5.97 Å². The molecule has 0 bridgehead atoms. The second-order valence-electron chi connectivity index (χ2n) is 15.8. The van der Waals surface area contributed by atoms with Crippen LogP contribution in [0.3, 0.4) is 0 Å². The van der Waals surface area contributed by atoms with Gasteiger partial charge in [-0.25, -0.2) is 0 Å². The van der Waals surface area contributed by atoms with Crippen molar-refractivity contribution in [2.75, 3.05) is 7.11 Å². The first-order valence-electron chi connectivity index (χ1n) is 15.6. The van der Waals surface area contributed by atoms with Crippen LogP contribution in [0.1, 0.15) is 100 Å². The van der Waals surface area contributed by atoms with Crippen molar-refractivity contribution < 1.29 is 34.3 Å². The van der Waals surface area contributed by atoms with E-state index in [-0.39, 0.29) is 51.5 Å². The fourth-order valence-corrected chi connectivity index (χ4v) is 11.0. The molecule has 3 saturated carbocycles. The number of fused-ring (bicyclic) bond motifs is 5. The highest BCUT2D eigenvalue weighted by atomic mass is 16.7. The van der Waals surface area contributed by atoms with Crippen molar-refractivity contribution in [3.8, 4) is 0 Å². The van der Waals surface area contributed by atoms with Crippen LogP contribution >= 0.6 is 0 Å². The van der Waals surface area contributed by atoms with E-state index in [4.69, 9.17) is 14.2 Å². The minimum atomic E-state index is -1.26. The highest BCUT2D eigenvalue weighted by Crippen LogP contribution is 2.73. The molecule has 40 heavy (non-hydrogen) atoms. The van der Waals surface area contributed by atoms with Gasteiger partial charge < -0.3 is 29.5 Å². The molecule has 12 atom stereocenters. The first-order valence-corrected chi connectivity index (χ1v) is 15.6. The third kappa shape index (κ3) is 4.27. The van der Waals surface area contributed by atoms with E-state index in [1.165, 1.54) is 12.5 Å². The minimum Gasteiger partial charge on any atom is -0.462 e. The quantitative estimate of drug-likeness (QED) is 0.320. The molecule has 5 rings (SSSR count). The lowest BCUT2D eigenvalue weighted by atomic mass is 9.37. The van der Waals surface area contributed by atoms with Gasteiger partial charge in [0, 0.05) is 30.8 Å². The Morgan fingerprint density at radius 2 is 1.77 bits per heavy atom. The molecule has 0 aromatic carbocycles. The van der Waals surface area contributed by atoms with Gasteiger partial charge in [0.1, 0.15) is 12.2 Å². The summed E-state index contributed by atoms with van der Waals surface area (Å²) < 4.78 is 17.9. The molecule has 1 aliphatic heterocycles. The van der Waals surface area contributed by atoms with E-state index < -0.39 is 30.2 Å². The number of aliphatic hydroxyl groups is 3. The van der Waals surface area contributed by atoms with E-state index in [0.717, 1.165) is 32.1 Å². The van der Waals surface area contributed by atoms with Crippen molar-refractivity contribution in [1.29, 1.82) is 0 Å². The molecule has 7 nitrogen and oxygen atoms in total. The average Bonchev–Trinajstić information content (AvgIpc) is 3.43. The van der Waals surface area contributed by atoms with Crippen LogP contribution in [-0.4, -0.2) is 64.7 Å². The van der Waals surface area contributed by atoms with Gasteiger partial charge in [-0.1, -0.05) is 46.3 Å². The maximum Gasteiger partial charge on any atom is 0.302 e. The van der Waals surface area contributed by atoms with E-state index in [0.29, 0.717) is 18.8 Å². The standard InChI is InChI=1S/C33H54O7/c1-18(34)39-26-13-15-32(7)23-12-14-31(6)20(19-16-21(40-28(19)38-9)27(36)30(4,5)37)10-11-22(31)33(23,8)25(35)17-24(32)29(26,2)3/h11,19-21,23-28,35-37H,10,12-17H2,1-9H3/t19?,20-,21+,23?,24-,25+,26+,27-,28-,31-,32+,33-/m0/s1. The Morgan fingerprint density at radius 3 is 2.38 bits per heavy atom. The zero-order valence-electron chi connectivity index (χ0n) is 26.2. The Labute approximate surface area is 241 Å². The summed E-state index contributed by atoms with van der Waals surface area (Å²) in [5.41, 5.74) is -0.453. The highest BCUT2D eigenvalue weighted by Gasteiger charge is 2.69. The van der Waals surface area contributed by atoms with E-state index in [2.05, 4.69) is 40.7 Å². The van der Waals surface area contributed by atoms with Gasteiger partial charge in [0.05, 0.1) is 17.8 Å². The summed E-state index contributed by atoms with van der Waals surface area (Å²) in [6, 6.07) is 0. The van der Waals surface area contributed by atoms with Gasteiger partial charge in [-0.15, -0.1) is 0 Å². The summed E-state index contributed by atoms with van der Waals surface area (Å²) in [6.45, 7) is 16.4. The van der Waals surface area contributed by atoms with E-state index in [9.17, 15) is 20.1 Å². The molecule has 5 aliphatic rings. The molecule has 4 fully saturated rings. The number of ether oxygens (including phenoxy) is 3. The molecule has 0 amide bonds. The van der Waals surface area contributed by atoms with Crippen LogP contribution in [0.5, 0.6) is 0 Å². The van der Waals surface area contributed by atoms with Crippen molar-refractivity contribution in [2.24, 2.45) is 45.3 Å². The van der Waals surface area contributed by atoms with Crippen LogP contribution in [0.2, 0.25) is 0 Å². The van der Waals surface area contributed by atoms with Crippen molar-refractivity contribution in [1.82, 2.24) is 0 Å². The number of rotatable bonds is 5. The molecule has 228 valence electrons. The van der Waals surface area contributed by atoms with Crippen LogP contribution in [0.4, 0.5) is 0 Å². The van der Waals surface area contributed by atoms with Crippen molar-refractivity contribution in [3.05, 3.63) is 11.6 Å². The van der Waals surface area contributed by atoms with Crippen molar-refractivity contribution >= 4 is 5.97 Å². The van der Waals surface area contributed by atoms with Crippen LogP contribution < -0.4 is 0 Å². The second kappa shape index (κ2) is 9.77. The Bertz CT molecular complexity index is 1030. The van der Waals surface area contributed by atoms with Gasteiger partial charge in [0.2, 0.25) is 0 Å². The molecule has 7 heteroatoms. The van der Waals surface area contributed by atoms with Crippen LogP contribution in [0, 0.1) is 45.3 Å². The number of aliphatic hydroxyl groups excluding tert-OH is 2. The molecular formula is C33H54O7. The van der Waals surface area contributed by atoms with Gasteiger partial charge in [0.15, 0.2) is 6.29 Å². The van der Waals surface area contributed by atoms with Gasteiger partial charge in [0.25, 0.3) is 0 Å². The maximum atomic E-state index is 12.1. The second-order valence-corrected chi connectivity index (χ2v) is 15.8. The van der Waals surface area contributed by atoms with Crippen molar-refractivity contribution in [2.45, 2.75) is 137 Å².